The van der Waals surface area contributed by atoms with E-state index in [1.807, 2.05) is 23.8 Å². The van der Waals surface area contributed by atoms with Gasteiger partial charge in [0.2, 0.25) is 0 Å². The molecule has 4 aromatic heterocycles. The SMILES string of the molecule is C.N[C@@H]1CCCC[C@H]1NC(=O)c1cc(-c2cnn3cc(-c4cn[nH]c4)cnc23)cs1. The van der Waals surface area contributed by atoms with Gasteiger partial charge in [-0.05, 0) is 29.9 Å². The van der Waals surface area contributed by atoms with Crippen LogP contribution in [0.4, 0.5) is 0 Å². The highest BCUT2D eigenvalue weighted by Crippen LogP contribution is 2.29. The monoisotopic (exact) mass is 423 g/mol. The van der Waals surface area contributed by atoms with Crippen molar-refractivity contribution in [2.45, 2.75) is 45.2 Å². The molecule has 4 aromatic rings. The number of nitrogens with two attached hydrogens (primary N) is 1. The molecule has 30 heavy (non-hydrogen) atoms. The minimum Gasteiger partial charge on any atom is -0.347 e. The molecule has 156 valence electrons. The van der Waals surface area contributed by atoms with Gasteiger partial charge in [0.25, 0.3) is 5.91 Å². The molecule has 1 aliphatic carbocycles. The summed E-state index contributed by atoms with van der Waals surface area (Å²) in [6.45, 7) is 0. The van der Waals surface area contributed by atoms with Crippen molar-refractivity contribution in [2.75, 3.05) is 0 Å². The molecule has 2 atom stereocenters. The molecule has 4 heterocycles. The van der Waals surface area contributed by atoms with Crippen LogP contribution in [0.1, 0.15) is 42.8 Å². The van der Waals surface area contributed by atoms with E-state index in [0.29, 0.717) is 4.88 Å². The zero-order valence-electron chi connectivity index (χ0n) is 15.7. The summed E-state index contributed by atoms with van der Waals surface area (Å²) in [7, 11) is 0. The van der Waals surface area contributed by atoms with Crippen LogP contribution in [0.25, 0.3) is 27.9 Å². The summed E-state index contributed by atoms with van der Waals surface area (Å²) in [6.07, 6.45) is 13.2. The predicted molar refractivity (Wildman–Crippen MR) is 118 cm³/mol. The highest BCUT2D eigenvalue weighted by atomic mass is 32.1. The lowest BCUT2D eigenvalue weighted by Crippen LogP contribution is -2.49. The van der Waals surface area contributed by atoms with E-state index in [2.05, 4.69) is 25.6 Å². The fraction of sp³-hybridized carbons (Fsp3) is 0.333. The van der Waals surface area contributed by atoms with E-state index in [4.69, 9.17) is 5.73 Å². The van der Waals surface area contributed by atoms with E-state index >= 15 is 0 Å². The maximum Gasteiger partial charge on any atom is 0.261 e. The Kier molecular flexibility index (Phi) is 5.65. The van der Waals surface area contributed by atoms with Gasteiger partial charge in [-0.25, -0.2) is 9.50 Å². The number of aromatic nitrogens is 5. The molecule has 5 rings (SSSR count). The number of fused-ring (bicyclic) bond motifs is 1. The average molecular weight is 424 g/mol. The minimum atomic E-state index is -0.0599. The van der Waals surface area contributed by atoms with E-state index in [0.717, 1.165) is 53.6 Å². The number of carbonyl (C=O) groups is 1. The third-order valence-corrected chi connectivity index (χ3v) is 6.39. The Bertz CT molecular complexity index is 1150. The van der Waals surface area contributed by atoms with Crippen LogP contribution in [0.3, 0.4) is 0 Å². The molecule has 1 amide bonds. The normalized spacial score (nSPS) is 18.8. The van der Waals surface area contributed by atoms with Gasteiger partial charge in [-0.2, -0.15) is 10.2 Å². The maximum absolute atomic E-state index is 12.7. The smallest absolute Gasteiger partial charge is 0.261 e. The topological polar surface area (TPSA) is 114 Å². The third kappa shape index (κ3) is 3.73. The molecule has 1 fully saturated rings. The molecule has 0 bridgehead atoms. The fourth-order valence-corrected chi connectivity index (χ4v) is 4.62. The van der Waals surface area contributed by atoms with Crippen molar-refractivity contribution < 1.29 is 4.79 Å². The third-order valence-electron chi connectivity index (χ3n) is 5.46. The molecule has 0 saturated heterocycles. The second kappa shape index (κ2) is 8.37. The Labute approximate surface area is 178 Å². The number of H-pyrrole nitrogens is 1. The molecule has 0 spiro atoms. The highest BCUT2D eigenvalue weighted by molar-refractivity contribution is 7.12. The van der Waals surface area contributed by atoms with E-state index in [1.54, 1.807) is 23.1 Å². The van der Waals surface area contributed by atoms with E-state index in [-0.39, 0.29) is 25.4 Å². The molecule has 0 unspecified atom stereocenters. The van der Waals surface area contributed by atoms with Crippen LogP contribution in [0.15, 0.2) is 42.4 Å². The molecule has 0 radical (unpaired) electrons. The van der Waals surface area contributed by atoms with Crippen LogP contribution in [-0.2, 0) is 0 Å². The van der Waals surface area contributed by atoms with Crippen LogP contribution in [-0.4, -0.2) is 42.8 Å². The molecule has 1 saturated carbocycles. The van der Waals surface area contributed by atoms with Crippen LogP contribution in [0, 0.1) is 0 Å². The number of nitrogens with zero attached hydrogens (tertiary/aromatic N) is 4. The lowest BCUT2D eigenvalue weighted by molar-refractivity contribution is 0.0925. The first-order valence-electron chi connectivity index (χ1n) is 9.67. The lowest BCUT2D eigenvalue weighted by Gasteiger charge is -2.29. The van der Waals surface area contributed by atoms with Crippen molar-refractivity contribution >= 4 is 22.9 Å². The summed E-state index contributed by atoms with van der Waals surface area (Å²) in [5.41, 5.74) is 10.6. The first-order chi connectivity index (χ1) is 14.2. The van der Waals surface area contributed by atoms with Crippen LogP contribution in [0.2, 0.25) is 0 Å². The van der Waals surface area contributed by atoms with Crippen molar-refractivity contribution in [3.8, 4) is 22.3 Å². The largest absolute Gasteiger partial charge is 0.347 e. The summed E-state index contributed by atoms with van der Waals surface area (Å²) in [5.74, 6) is -0.0599. The van der Waals surface area contributed by atoms with Gasteiger partial charge >= 0.3 is 0 Å². The summed E-state index contributed by atoms with van der Waals surface area (Å²) in [4.78, 5) is 17.9. The molecular formula is C21H25N7OS. The molecule has 0 aliphatic heterocycles. The summed E-state index contributed by atoms with van der Waals surface area (Å²) in [6, 6.07) is 2.00. The Balaban J connectivity index is 0.00000218. The number of nitrogens with one attached hydrogen (secondary N) is 2. The maximum atomic E-state index is 12.7. The van der Waals surface area contributed by atoms with Gasteiger partial charge in [0, 0.05) is 47.4 Å². The standard InChI is InChI=1S/C20H21N7OS.CH4/c21-16-3-1-2-4-17(16)26-20(28)18-5-12(11-29-18)15-9-25-27-10-14(6-22-19(15)27)13-7-23-24-8-13;/h5-11,16-17H,1-4,21H2,(H,23,24)(H,26,28);1H4/t16-,17-;/m1./s1. The number of hydrogen-bond acceptors (Lipinski definition) is 6. The van der Waals surface area contributed by atoms with Crippen molar-refractivity contribution in [2.24, 2.45) is 5.73 Å². The summed E-state index contributed by atoms with van der Waals surface area (Å²) < 4.78 is 1.75. The number of carbonyl (C=O) groups excluding carboxylic acids is 1. The lowest BCUT2D eigenvalue weighted by atomic mass is 9.91. The molecule has 1 aliphatic rings. The first-order valence-corrected chi connectivity index (χ1v) is 10.5. The zero-order chi connectivity index (χ0) is 19.8. The highest BCUT2D eigenvalue weighted by Gasteiger charge is 2.24. The van der Waals surface area contributed by atoms with Gasteiger partial charge in [-0.3, -0.25) is 9.89 Å². The molecule has 0 aromatic carbocycles. The number of rotatable bonds is 4. The van der Waals surface area contributed by atoms with Crippen LogP contribution < -0.4 is 11.1 Å². The van der Waals surface area contributed by atoms with Gasteiger partial charge in [0.15, 0.2) is 5.65 Å². The first kappa shape index (κ1) is 20.2. The quantitative estimate of drug-likeness (QED) is 0.465. The number of aromatic amines is 1. The van der Waals surface area contributed by atoms with Crippen molar-refractivity contribution in [1.82, 2.24) is 30.1 Å². The predicted octanol–water partition coefficient (Wildman–Crippen LogP) is 3.48. The number of thiophene rings is 1. The minimum absolute atomic E-state index is 0. The summed E-state index contributed by atoms with van der Waals surface area (Å²) in [5, 5.41) is 16.3. The van der Waals surface area contributed by atoms with Crippen LogP contribution in [0.5, 0.6) is 0 Å². The molecule has 9 heteroatoms. The van der Waals surface area contributed by atoms with Gasteiger partial charge < -0.3 is 11.1 Å². The molecular weight excluding hydrogens is 398 g/mol. The Morgan fingerprint density at radius 3 is 2.87 bits per heavy atom. The van der Waals surface area contributed by atoms with Gasteiger partial charge in [0.05, 0.1) is 17.3 Å². The second-order valence-electron chi connectivity index (χ2n) is 7.38. The van der Waals surface area contributed by atoms with Crippen molar-refractivity contribution in [3.05, 3.63) is 47.3 Å². The Morgan fingerprint density at radius 2 is 2.07 bits per heavy atom. The van der Waals surface area contributed by atoms with Gasteiger partial charge in [0.1, 0.15) is 0 Å². The number of amides is 1. The van der Waals surface area contributed by atoms with Crippen molar-refractivity contribution in [3.63, 3.8) is 0 Å². The Morgan fingerprint density at radius 1 is 1.20 bits per heavy atom. The van der Waals surface area contributed by atoms with Gasteiger partial charge in [-0.15, -0.1) is 11.3 Å². The average Bonchev–Trinajstić information content (AvgIpc) is 3.49. The fourth-order valence-electron chi connectivity index (χ4n) is 3.81. The Hall–Kier alpha value is -3.04. The molecule has 8 nitrogen and oxygen atoms in total. The molecule has 4 N–H and O–H groups in total. The van der Waals surface area contributed by atoms with Crippen molar-refractivity contribution in [1.29, 1.82) is 0 Å². The second-order valence-corrected chi connectivity index (χ2v) is 8.30. The zero-order valence-corrected chi connectivity index (χ0v) is 16.5. The van der Waals surface area contributed by atoms with E-state index in [1.165, 1.54) is 11.3 Å². The summed E-state index contributed by atoms with van der Waals surface area (Å²) >= 11 is 1.43. The number of hydrogen-bond donors (Lipinski definition) is 3. The van der Waals surface area contributed by atoms with E-state index < -0.39 is 0 Å². The van der Waals surface area contributed by atoms with Crippen LogP contribution >= 0.6 is 11.3 Å². The van der Waals surface area contributed by atoms with E-state index in [9.17, 15) is 4.79 Å². The van der Waals surface area contributed by atoms with Gasteiger partial charge in [-0.1, -0.05) is 20.3 Å².